The minimum atomic E-state index is -0.706. The quantitative estimate of drug-likeness (QED) is 0.687. The van der Waals surface area contributed by atoms with Gasteiger partial charge >= 0.3 is 5.97 Å². The van der Waals surface area contributed by atoms with E-state index < -0.39 is 18.5 Å². The molecule has 1 amide bonds. The summed E-state index contributed by atoms with van der Waals surface area (Å²) in [4.78, 5) is 24.2. The fourth-order valence-electron chi connectivity index (χ4n) is 2.14. The molecule has 1 heterocycles. The third kappa shape index (κ3) is 3.86. The number of nitrogens with zero attached hydrogens (tertiary/aromatic N) is 2. The van der Waals surface area contributed by atoms with Crippen LogP contribution in [0.15, 0.2) is 36.4 Å². The first-order valence-electron chi connectivity index (χ1n) is 7.10. The number of carbonyl (C=O) groups is 2. The van der Waals surface area contributed by atoms with E-state index in [-0.39, 0.29) is 5.56 Å². The number of aromatic nitrogens is 2. The van der Waals surface area contributed by atoms with Crippen LogP contribution in [0.3, 0.4) is 0 Å². The van der Waals surface area contributed by atoms with E-state index in [4.69, 9.17) is 21.1 Å². The molecule has 1 aromatic heterocycles. The van der Waals surface area contributed by atoms with Crippen LogP contribution >= 0.6 is 23.3 Å². The maximum absolute atomic E-state index is 12.1. The van der Waals surface area contributed by atoms with Crippen LogP contribution in [0.1, 0.15) is 10.4 Å². The molecule has 0 saturated carbocycles. The summed E-state index contributed by atoms with van der Waals surface area (Å²) in [6, 6.07) is 9.80. The zero-order valence-corrected chi connectivity index (χ0v) is 14.6. The third-order valence-corrected chi connectivity index (χ3v) is 4.05. The highest BCUT2D eigenvalue weighted by Gasteiger charge is 2.16. The number of hydrogen-bond acceptors (Lipinski definition) is 7. The lowest BCUT2D eigenvalue weighted by Gasteiger charge is -2.09. The van der Waals surface area contributed by atoms with Crippen LogP contribution in [0.5, 0.6) is 5.75 Å². The Morgan fingerprint density at radius 3 is 2.88 bits per heavy atom. The smallest absolute Gasteiger partial charge is 0.342 e. The van der Waals surface area contributed by atoms with Crippen molar-refractivity contribution in [2.75, 3.05) is 19.0 Å². The Bertz CT molecular complexity index is 944. The largest absolute Gasteiger partial charge is 0.496 e. The number of benzene rings is 2. The standard InChI is InChI=1S/C16H12ClN3O4S/c1-23-13-6-5-9(17)7-10(13)16(22)24-8-14(21)18-11-3-2-4-12-15(11)20-25-19-12/h2-7H,8H2,1H3,(H,18,21). The monoisotopic (exact) mass is 377 g/mol. The number of anilines is 1. The summed E-state index contributed by atoms with van der Waals surface area (Å²) in [5.41, 5.74) is 1.92. The van der Waals surface area contributed by atoms with Crippen molar-refractivity contribution in [1.82, 2.24) is 8.75 Å². The molecule has 0 unspecified atom stereocenters. The van der Waals surface area contributed by atoms with Crippen molar-refractivity contribution in [3.05, 3.63) is 47.0 Å². The Balaban J connectivity index is 1.65. The number of halogens is 1. The number of nitrogens with one attached hydrogen (secondary N) is 1. The van der Waals surface area contributed by atoms with E-state index in [2.05, 4.69) is 14.1 Å². The molecule has 0 aliphatic heterocycles. The Morgan fingerprint density at radius 1 is 1.24 bits per heavy atom. The van der Waals surface area contributed by atoms with Crippen molar-refractivity contribution in [2.45, 2.75) is 0 Å². The summed E-state index contributed by atoms with van der Waals surface area (Å²) in [5.74, 6) is -0.883. The van der Waals surface area contributed by atoms with E-state index in [1.807, 2.05) is 0 Å². The van der Waals surface area contributed by atoms with Crippen molar-refractivity contribution < 1.29 is 19.1 Å². The molecule has 2 aromatic carbocycles. The SMILES string of the molecule is COc1ccc(Cl)cc1C(=O)OCC(=O)Nc1cccc2nsnc12. The van der Waals surface area contributed by atoms with Gasteiger partial charge in [-0.3, -0.25) is 4.79 Å². The Labute approximate surface area is 151 Å². The summed E-state index contributed by atoms with van der Waals surface area (Å²) in [6.45, 7) is -0.456. The van der Waals surface area contributed by atoms with Gasteiger partial charge in [-0.05, 0) is 30.3 Å². The molecule has 0 aliphatic rings. The molecule has 25 heavy (non-hydrogen) atoms. The van der Waals surface area contributed by atoms with Crippen LogP contribution in [0.25, 0.3) is 11.0 Å². The first-order chi connectivity index (χ1) is 12.1. The van der Waals surface area contributed by atoms with Crippen LogP contribution in [0.2, 0.25) is 5.02 Å². The summed E-state index contributed by atoms with van der Waals surface area (Å²) >= 11 is 6.93. The molecule has 128 valence electrons. The summed E-state index contributed by atoms with van der Waals surface area (Å²) in [7, 11) is 1.43. The number of esters is 1. The third-order valence-electron chi connectivity index (χ3n) is 3.28. The molecule has 7 nitrogen and oxygen atoms in total. The van der Waals surface area contributed by atoms with Crippen LogP contribution in [-0.2, 0) is 9.53 Å². The molecule has 0 bridgehead atoms. The molecule has 0 aliphatic carbocycles. The highest BCUT2D eigenvalue weighted by Crippen LogP contribution is 2.24. The van der Waals surface area contributed by atoms with E-state index in [1.165, 1.54) is 13.2 Å². The van der Waals surface area contributed by atoms with Gasteiger partial charge in [0.15, 0.2) is 6.61 Å². The van der Waals surface area contributed by atoms with Gasteiger partial charge in [0.1, 0.15) is 22.3 Å². The maximum Gasteiger partial charge on any atom is 0.342 e. The zero-order chi connectivity index (χ0) is 17.8. The normalized spacial score (nSPS) is 10.5. The minimum Gasteiger partial charge on any atom is -0.496 e. The van der Waals surface area contributed by atoms with Crippen molar-refractivity contribution in [3.63, 3.8) is 0 Å². The molecule has 0 radical (unpaired) electrons. The predicted molar refractivity (Wildman–Crippen MR) is 94.3 cm³/mol. The van der Waals surface area contributed by atoms with Crippen LogP contribution in [0.4, 0.5) is 5.69 Å². The van der Waals surface area contributed by atoms with Gasteiger partial charge in [0, 0.05) is 5.02 Å². The molecule has 3 aromatic rings. The second kappa shape index (κ2) is 7.45. The van der Waals surface area contributed by atoms with E-state index >= 15 is 0 Å². The van der Waals surface area contributed by atoms with E-state index in [0.29, 0.717) is 27.5 Å². The van der Waals surface area contributed by atoms with Gasteiger partial charge in [0.2, 0.25) is 0 Å². The van der Waals surface area contributed by atoms with Gasteiger partial charge in [0.25, 0.3) is 5.91 Å². The number of methoxy groups -OCH3 is 1. The first-order valence-corrected chi connectivity index (χ1v) is 8.21. The number of rotatable bonds is 5. The van der Waals surface area contributed by atoms with E-state index in [9.17, 15) is 9.59 Å². The molecule has 0 atom stereocenters. The van der Waals surface area contributed by atoms with E-state index in [1.54, 1.807) is 30.3 Å². The topological polar surface area (TPSA) is 90.4 Å². The number of ether oxygens (including phenoxy) is 2. The highest BCUT2D eigenvalue weighted by atomic mass is 35.5. The van der Waals surface area contributed by atoms with Crippen molar-refractivity contribution in [1.29, 1.82) is 0 Å². The average molecular weight is 378 g/mol. The van der Waals surface area contributed by atoms with Crippen LogP contribution in [0, 0.1) is 0 Å². The van der Waals surface area contributed by atoms with Gasteiger partial charge in [-0.15, -0.1) is 0 Å². The molecule has 3 rings (SSSR count). The fraction of sp³-hybridized carbons (Fsp3) is 0.125. The Hall–Kier alpha value is -2.71. The summed E-state index contributed by atoms with van der Waals surface area (Å²) < 4.78 is 18.3. The minimum absolute atomic E-state index is 0.147. The van der Waals surface area contributed by atoms with Gasteiger partial charge in [-0.1, -0.05) is 17.7 Å². The van der Waals surface area contributed by atoms with Crippen molar-refractivity contribution >= 4 is 51.9 Å². The lowest BCUT2D eigenvalue weighted by molar-refractivity contribution is -0.119. The fourth-order valence-corrected chi connectivity index (χ4v) is 2.86. The van der Waals surface area contributed by atoms with Crippen LogP contribution in [-0.4, -0.2) is 34.3 Å². The number of fused-ring (bicyclic) bond motifs is 1. The van der Waals surface area contributed by atoms with Gasteiger partial charge in [-0.25, -0.2) is 4.79 Å². The lowest BCUT2D eigenvalue weighted by Crippen LogP contribution is -2.21. The van der Waals surface area contributed by atoms with Gasteiger partial charge in [-0.2, -0.15) is 8.75 Å². The second-order valence-corrected chi connectivity index (χ2v) is 5.87. The van der Waals surface area contributed by atoms with Gasteiger partial charge < -0.3 is 14.8 Å². The van der Waals surface area contributed by atoms with Gasteiger partial charge in [0.05, 0.1) is 24.5 Å². The number of carbonyl (C=O) groups excluding carboxylic acids is 2. The Kier molecular flexibility index (Phi) is 5.11. The summed E-state index contributed by atoms with van der Waals surface area (Å²) in [5, 5.41) is 3.01. The highest BCUT2D eigenvalue weighted by molar-refractivity contribution is 7.00. The second-order valence-electron chi connectivity index (χ2n) is 4.91. The summed E-state index contributed by atoms with van der Waals surface area (Å²) in [6.07, 6.45) is 0. The lowest BCUT2D eigenvalue weighted by atomic mass is 10.2. The molecule has 0 fully saturated rings. The molecular weight excluding hydrogens is 366 g/mol. The number of amides is 1. The predicted octanol–water partition coefficient (Wildman–Crippen LogP) is 3.15. The number of hydrogen-bond donors (Lipinski definition) is 1. The van der Waals surface area contributed by atoms with Crippen molar-refractivity contribution in [2.24, 2.45) is 0 Å². The zero-order valence-electron chi connectivity index (χ0n) is 13.0. The molecule has 9 heteroatoms. The first kappa shape index (κ1) is 17.1. The van der Waals surface area contributed by atoms with Crippen molar-refractivity contribution in [3.8, 4) is 5.75 Å². The molecule has 0 saturated heterocycles. The molecule has 0 spiro atoms. The molecular formula is C16H12ClN3O4S. The molecule has 1 N–H and O–H groups in total. The Morgan fingerprint density at radius 2 is 2.08 bits per heavy atom. The van der Waals surface area contributed by atoms with Crippen LogP contribution < -0.4 is 10.1 Å². The maximum atomic E-state index is 12.1. The average Bonchev–Trinajstić information content (AvgIpc) is 3.09. The van der Waals surface area contributed by atoms with E-state index in [0.717, 1.165) is 11.7 Å².